The molecule has 0 atom stereocenters. The van der Waals surface area contributed by atoms with Crippen LogP contribution in [0.15, 0.2) is 0 Å². The topological polar surface area (TPSA) is 38.3 Å². The van der Waals surface area contributed by atoms with E-state index in [1.165, 1.54) is 0 Å². The number of rotatable bonds is 0. The number of hydrogen-bond acceptors (Lipinski definition) is 2. The molecule has 0 bridgehead atoms. The minimum Gasteiger partial charge on any atom is -0.330 e. The van der Waals surface area contributed by atoms with E-state index in [4.69, 9.17) is 11.9 Å². The number of amides is 1. The van der Waals surface area contributed by atoms with E-state index in [-0.39, 0.29) is 5.54 Å². The van der Waals surface area contributed by atoms with E-state index in [1.807, 2.05) is 20.8 Å². The Hall–Kier alpha value is -0.440. The molecule has 0 aliphatic heterocycles. The van der Waals surface area contributed by atoms with Crippen LogP contribution in [-0.4, -0.2) is 11.6 Å². The minimum atomic E-state index is -0.621. The van der Waals surface area contributed by atoms with Crippen molar-refractivity contribution in [3.05, 3.63) is 0 Å². The van der Waals surface area contributed by atoms with Gasteiger partial charge in [-0.05, 0) is 20.8 Å². The molecule has 0 aliphatic rings. The maximum absolute atomic E-state index is 10.4. The van der Waals surface area contributed by atoms with Crippen LogP contribution < -0.4 is 5.32 Å². The summed E-state index contributed by atoms with van der Waals surface area (Å²) in [5, 5.41) is 2.48. The first-order valence-corrected chi connectivity index (χ1v) is 2.87. The average molecular weight is 152 g/mol. The van der Waals surface area contributed by atoms with Crippen LogP contribution >= 0.6 is 11.9 Å². The molecule has 0 rings (SSSR count). The van der Waals surface area contributed by atoms with E-state index in [9.17, 15) is 4.79 Å². The highest BCUT2D eigenvalue weighted by Crippen LogP contribution is 1.98. The van der Waals surface area contributed by atoms with Gasteiger partial charge >= 0.3 is 6.09 Å². The quantitative estimate of drug-likeness (QED) is 0.572. The highest BCUT2D eigenvalue weighted by Gasteiger charge is 2.13. The van der Waals surface area contributed by atoms with Gasteiger partial charge in [-0.25, -0.2) is 4.79 Å². The molecule has 3 nitrogen and oxygen atoms in total. The van der Waals surface area contributed by atoms with Gasteiger partial charge in [-0.1, -0.05) is 0 Å². The van der Waals surface area contributed by atoms with Crippen LogP contribution in [0.4, 0.5) is 4.79 Å². The summed E-state index contributed by atoms with van der Waals surface area (Å²) < 4.78 is 3.85. The first kappa shape index (κ1) is 8.56. The Labute approximate surface area is 59.5 Å². The third kappa shape index (κ3) is 5.43. The summed E-state index contributed by atoms with van der Waals surface area (Å²) in [5.74, 6) is 0. The summed E-state index contributed by atoms with van der Waals surface area (Å²) in [5.41, 5.74) is -0.286. The van der Waals surface area contributed by atoms with Crippen molar-refractivity contribution in [3.8, 4) is 0 Å². The van der Waals surface area contributed by atoms with Crippen molar-refractivity contribution in [3.63, 3.8) is 0 Å². The van der Waals surface area contributed by atoms with Gasteiger partial charge in [-0.15, -0.1) is 0 Å². The maximum atomic E-state index is 10.4. The fourth-order valence-electron chi connectivity index (χ4n) is 0.325. The molecule has 0 saturated heterocycles. The van der Waals surface area contributed by atoms with Gasteiger partial charge < -0.3 is 9.61 Å². The second kappa shape index (κ2) is 2.92. The Morgan fingerprint density at radius 2 is 2.00 bits per heavy atom. The molecule has 0 spiro atoms. The van der Waals surface area contributed by atoms with Crippen molar-refractivity contribution in [2.75, 3.05) is 0 Å². The molecule has 0 radical (unpaired) electrons. The molecule has 1 N–H and O–H groups in total. The molecular weight excluding hydrogens is 142 g/mol. The number of nitrogens with one attached hydrogen (secondary N) is 1. The van der Waals surface area contributed by atoms with Crippen LogP contribution in [0.1, 0.15) is 20.8 Å². The zero-order chi connectivity index (χ0) is 7.49. The summed E-state index contributed by atoms with van der Waals surface area (Å²) in [4.78, 5) is 10.4. The van der Waals surface area contributed by atoms with Crippen molar-refractivity contribution >= 4 is 18.0 Å². The third-order valence-electron chi connectivity index (χ3n) is 0.547. The average Bonchev–Trinajstić information content (AvgIpc) is 1.62. The van der Waals surface area contributed by atoms with E-state index in [2.05, 4.69) is 9.61 Å². The second-order valence-electron chi connectivity index (χ2n) is 2.74. The predicted molar refractivity (Wildman–Crippen MR) is 35.2 cm³/mol. The second-order valence-corrected chi connectivity index (χ2v) is 2.89. The molecule has 0 aromatic rings. The summed E-state index contributed by atoms with van der Waals surface area (Å²) in [6.07, 6.45) is -0.621. The van der Waals surface area contributed by atoms with Gasteiger partial charge in [0.2, 0.25) is 0 Å². The van der Waals surface area contributed by atoms with Gasteiger partial charge in [0.1, 0.15) is 11.9 Å². The van der Waals surface area contributed by atoms with Crippen LogP contribution in [0.3, 0.4) is 0 Å². The van der Waals surface area contributed by atoms with E-state index >= 15 is 0 Å². The monoisotopic (exact) mass is 151 g/mol. The molecule has 0 saturated carbocycles. The molecule has 9 heavy (non-hydrogen) atoms. The van der Waals surface area contributed by atoms with Crippen molar-refractivity contribution in [1.82, 2.24) is 5.32 Å². The van der Waals surface area contributed by atoms with Crippen LogP contribution in [0.2, 0.25) is 0 Å². The normalized spacial score (nSPS) is 10.7. The molecule has 0 aromatic carbocycles. The summed E-state index contributed by atoms with van der Waals surface area (Å²) in [6, 6.07) is 0. The van der Waals surface area contributed by atoms with Crippen LogP contribution in [0.5, 0.6) is 0 Å². The fraction of sp³-hybridized carbons (Fsp3) is 0.800. The fourth-order valence-corrected chi connectivity index (χ4v) is 0.364. The minimum absolute atomic E-state index is 0.286. The largest absolute Gasteiger partial charge is 0.425 e. The lowest BCUT2D eigenvalue weighted by Gasteiger charge is -2.17. The molecule has 4 heteroatoms. The Morgan fingerprint density at radius 3 is 2.11 bits per heavy atom. The molecule has 0 aromatic heterocycles. The molecule has 1 amide bonds. The Balaban J connectivity index is 3.60. The van der Waals surface area contributed by atoms with E-state index in [0.29, 0.717) is 0 Å². The van der Waals surface area contributed by atoms with Crippen molar-refractivity contribution in [2.45, 2.75) is 26.3 Å². The first-order chi connectivity index (χ1) is 3.95. The van der Waals surface area contributed by atoms with Crippen molar-refractivity contribution in [2.24, 2.45) is 0 Å². The molecule has 0 aliphatic carbocycles. The molecule has 0 unspecified atom stereocenters. The number of hydrogen-bond donors (Lipinski definition) is 1. The first-order valence-electron chi connectivity index (χ1n) is 2.56. The molecule has 0 heterocycles. The summed E-state index contributed by atoms with van der Waals surface area (Å²) >= 11 is 4.75. The van der Waals surface area contributed by atoms with Gasteiger partial charge in [-0.2, -0.15) is 0 Å². The highest BCUT2D eigenvalue weighted by molar-refractivity contribution is 6.12. The maximum Gasteiger partial charge on any atom is 0.425 e. The lowest BCUT2D eigenvalue weighted by Crippen LogP contribution is -2.39. The number of halogens is 1. The molecule has 54 valence electrons. The lowest BCUT2D eigenvalue weighted by atomic mass is 10.1. The van der Waals surface area contributed by atoms with Gasteiger partial charge in [-0.3, -0.25) is 0 Å². The SMILES string of the molecule is CC(C)(C)NC(=O)OCl. The summed E-state index contributed by atoms with van der Waals surface area (Å²) in [6.45, 7) is 5.50. The van der Waals surface area contributed by atoms with Crippen LogP contribution in [0.25, 0.3) is 0 Å². The smallest absolute Gasteiger partial charge is 0.330 e. The van der Waals surface area contributed by atoms with Crippen LogP contribution in [-0.2, 0) is 4.29 Å². The zero-order valence-electron chi connectivity index (χ0n) is 5.69. The van der Waals surface area contributed by atoms with Crippen molar-refractivity contribution in [1.29, 1.82) is 0 Å². The Kier molecular flexibility index (Phi) is 2.77. The van der Waals surface area contributed by atoms with E-state index < -0.39 is 6.09 Å². The standard InChI is InChI=1S/C5H10ClNO2/c1-5(2,3)7-4(8)9-6/h1-3H3,(H,7,8). The lowest BCUT2D eigenvalue weighted by molar-refractivity contribution is 0.195. The number of carbonyl (C=O) groups excluding carboxylic acids is 1. The highest BCUT2D eigenvalue weighted by atomic mass is 35.5. The molecular formula is C5H10ClNO2. The van der Waals surface area contributed by atoms with Crippen LogP contribution in [0, 0.1) is 0 Å². The van der Waals surface area contributed by atoms with Gasteiger partial charge in [0.05, 0.1) is 0 Å². The van der Waals surface area contributed by atoms with E-state index in [0.717, 1.165) is 0 Å². The Bertz CT molecular complexity index is 108. The number of carbonyl (C=O) groups is 1. The predicted octanol–water partition coefficient (Wildman–Crippen LogP) is 1.66. The van der Waals surface area contributed by atoms with Gasteiger partial charge in [0.15, 0.2) is 0 Å². The Morgan fingerprint density at radius 1 is 1.56 bits per heavy atom. The molecule has 0 fully saturated rings. The van der Waals surface area contributed by atoms with Crippen molar-refractivity contribution < 1.29 is 9.08 Å². The summed E-state index contributed by atoms with van der Waals surface area (Å²) in [7, 11) is 0. The third-order valence-corrected chi connectivity index (χ3v) is 0.687. The van der Waals surface area contributed by atoms with Gasteiger partial charge in [0, 0.05) is 5.54 Å². The zero-order valence-corrected chi connectivity index (χ0v) is 6.45. The van der Waals surface area contributed by atoms with E-state index in [1.54, 1.807) is 0 Å². The van der Waals surface area contributed by atoms with Gasteiger partial charge in [0.25, 0.3) is 0 Å².